The van der Waals surface area contributed by atoms with Gasteiger partial charge in [0.05, 0.1) is 12.2 Å². The topological polar surface area (TPSA) is 50.9 Å². The molecule has 0 aliphatic carbocycles. The minimum Gasteiger partial charge on any atom is -0.271 e. The highest BCUT2D eigenvalue weighted by molar-refractivity contribution is 7.99. The molecule has 0 spiro atoms. The smallest absolute Gasteiger partial charge is 0.146 e. The van der Waals surface area contributed by atoms with Crippen LogP contribution < -0.4 is 11.3 Å². The van der Waals surface area contributed by atoms with E-state index in [9.17, 15) is 4.39 Å². The molecule has 0 radical (unpaired) electrons. The zero-order chi connectivity index (χ0) is 10.4. The summed E-state index contributed by atoms with van der Waals surface area (Å²) in [5, 5.41) is 0. The third kappa shape index (κ3) is 2.94. The van der Waals surface area contributed by atoms with E-state index in [1.807, 2.05) is 0 Å². The normalized spacial score (nSPS) is 12.8. The van der Waals surface area contributed by atoms with Crippen molar-refractivity contribution in [1.29, 1.82) is 0 Å². The molecule has 1 rings (SSSR count). The summed E-state index contributed by atoms with van der Waals surface area (Å²) in [6, 6.07) is 1.50. The van der Waals surface area contributed by atoms with Gasteiger partial charge in [-0.2, -0.15) is 11.8 Å². The lowest BCUT2D eigenvalue weighted by atomic mass is 10.1. The molecule has 0 bridgehead atoms. The number of nitrogens with two attached hydrogens (primary N) is 1. The highest BCUT2D eigenvalue weighted by Crippen LogP contribution is 2.19. The molecule has 1 heterocycles. The number of halogens is 1. The minimum absolute atomic E-state index is 0.150. The highest BCUT2D eigenvalue weighted by Gasteiger charge is 2.13. The SMILES string of the molecule is CCSCC(NN)c1ccncc1F. The number of hydrogen-bond acceptors (Lipinski definition) is 4. The van der Waals surface area contributed by atoms with Crippen molar-refractivity contribution in [2.24, 2.45) is 5.84 Å². The van der Waals surface area contributed by atoms with Crippen LogP contribution in [0.1, 0.15) is 18.5 Å². The number of hydrogen-bond donors (Lipinski definition) is 2. The average Bonchev–Trinajstić information content (AvgIpc) is 2.21. The zero-order valence-electron chi connectivity index (χ0n) is 8.03. The number of pyridine rings is 1. The quantitative estimate of drug-likeness (QED) is 0.577. The molecule has 0 aliphatic heterocycles. The summed E-state index contributed by atoms with van der Waals surface area (Å²) in [5.41, 5.74) is 3.18. The maximum absolute atomic E-state index is 13.3. The van der Waals surface area contributed by atoms with Crippen molar-refractivity contribution < 1.29 is 4.39 Å². The van der Waals surface area contributed by atoms with Crippen molar-refractivity contribution in [3.05, 3.63) is 29.8 Å². The molecular formula is C9H14FN3S. The van der Waals surface area contributed by atoms with Gasteiger partial charge in [0.2, 0.25) is 0 Å². The van der Waals surface area contributed by atoms with Crippen molar-refractivity contribution in [2.75, 3.05) is 11.5 Å². The van der Waals surface area contributed by atoms with Crippen molar-refractivity contribution in [3.63, 3.8) is 0 Å². The molecule has 1 aromatic heterocycles. The largest absolute Gasteiger partial charge is 0.271 e. The molecule has 3 N–H and O–H groups in total. The van der Waals surface area contributed by atoms with Crippen LogP contribution in [0.2, 0.25) is 0 Å². The second-order valence-corrected chi connectivity index (χ2v) is 4.09. The van der Waals surface area contributed by atoms with E-state index < -0.39 is 0 Å². The fourth-order valence-electron chi connectivity index (χ4n) is 1.13. The molecule has 3 nitrogen and oxygen atoms in total. The monoisotopic (exact) mass is 215 g/mol. The predicted octanol–water partition coefficient (Wildman–Crippen LogP) is 1.48. The van der Waals surface area contributed by atoms with Gasteiger partial charge in [0.15, 0.2) is 0 Å². The number of aromatic nitrogens is 1. The van der Waals surface area contributed by atoms with E-state index in [0.717, 1.165) is 11.5 Å². The van der Waals surface area contributed by atoms with E-state index >= 15 is 0 Å². The molecule has 0 saturated heterocycles. The van der Waals surface area contributed by atoms with Gasteiger partial charge < -0.3 is 0 Å². The first-order valence-corrected chi connectivity index (χ1v) is 5.58. The van der Waals surface area contributed by atoms with Crippen molar-refractivity contribution in [1.82, 2.24) is 10.4 Å². The van der Waals surface area contributed by atoms with E-state index in [2.05, 4.69) is 17.3 Å². The number of nitrogens with one attached hydrogen (secondary N) is 1. The summed E-state index contributed by atoms with van der Waals surface area (Å²) in [7, 11) is 0. The van der Waals surface area contributed by atoms with Crippen LogP contribution in [-0.4, -0.2) is 16.5 Å². The molecule has 78 valence electrons. The molecule has 0 amide bonds. The Labute approximate surface area is 87.3 Å². The fourth-order valence-corrected chi connectivity index (χ4v) is 1.88. The summed E-state index contributed by atoms with van der Waals surface area (Å²) < 4.78 is 13.3. The summed E-state index contributed by atoms with van der Waals surface area (Å²) in [4.78, 5) is 3.69. The second kappa shape index (κ2) is 5.95. The molecular weight excluding hydrogens is 201 g/mol. The summed E-state index contributed by atoms with van der Waals surface area (Å²) in [6.07, 6.45) is 2.77. The van der Waals surface area contributed by atoms with Crippen LogP contribution in [0.5, 0.6) is 0 Å². The molecule has 14 heavy (non-hydrogen) atoms. The first kappa shape index (κ1) is 11.4. The van der Waals surface area contributed by atoms with Gasteiger partial charge in [-0.3, -0.25) is 16.3 Å². The van der Waals surface area contributed by atoms with Gasteiger partial charge in [-0.15, -0.1) is 0 Å². The third-order valence-electron chi connectivity index (χ3n) is 1.87. The second-order valence-electron chi connectivity index (χ2n) is 2.78. The molecule has 0 saturated carbocycles. The minimum atomic E-state index is -0.313. The molecule has 5 heteroatoms. The lowest BCUT2D eigenvalue weighted by molar-refractivity contribution is 0.542. The summed E-state index contributed by atoms with van der Waals surface area (Å²) in [5.74, 6) is 6.80. The Balaban J connectivity index is 2.73. The fraction of sp³-hybridized carbons (Fsp3) is 0.444. The number of nitrogens with zero attached hydrogens (tertiary/aromatic N) is 1. The Bertz CT molecular complexity index is 283. The first-order valence-electron chi connectivity index (χ1n) is 4.42. The standard InChI is InChI=1S/C9H14FN3S/c1-2-14-6-9(13-11)7-3-4-12-5-8(7)10/h3-5,9,13H,2,6,11H2,1H3. The number of rotatable bonds is 5. The van der Waals surface area contributed by atoms with Crippen molar-refractivity contribution in [3.8, 4) is 0 Å². The van der Waals surface area contributed by atoms with Crippen LogP contribution >= 0.6 is 11.8 Å². The van der Waals surface area contributed by atoms with E-state index in [1.165, 1.54) is 6.20 Å². The van der Waals surface area contributed by atoms with Gasteiger partial charge in [0, 0.05) is 17.5 Å². The van der Waals surface area contributed by atoms with Crippen LogP contribution in [0.15, 0.2) is 18.5 Å². The molecule has 0 aromatic carbocycles. The van der Waals surface area contributed by atoms with Crippen LogP contribution in [0.3, 0.4) is 0 Å². The van der Waals surface area contributed by atoms with E-state index in [4.69, 9.17) is 5.84 Å². The Morgan fingerprint density at radius 2 is 2.50 bits per heavy atom. The molecule has 0 aliphatic rings. The Morgan fingerprint density at radius 1 is 1.71 bits per heavy atom. The van der Waals surface area contributed by atoms with Crippen molar-refractivity contribution >= 4 is 11.8 Å². The Hall–Kier alpha value is -0.650. The van der Waals surface area contributed by atoms with Crippen LogP contribution in [0.4, 0.5) is 4.39 Å². The maximum atomic E-state index is 13.3. The van der Waals surface area contributed by atoms with E-state index in [-0.39, 0.29) is 11.9 Å². The van der Waals surface area contributed by atoms with E-state index in [0.29, 0.717) is 5.56 Å². The van der Waals surface area contributed by atoms with Crippen LogP contribution in [0.25, 0.3) is 0 Å². The van der Waals surface area contributed by atoms with E-state index in [1.54, 1.807) is 24.0 Å². The molecule has 1 atom stereocenters. The molecule has 1 aromatic rings. The van der Waals surface area contributed by atoms with Gasteiger partial charge >= 0.3 is 0 Å². The van der Waals surface area contributed by atoms with Crippen molar-refractivity contribution in [2.45, 2.75) is 13.0 Å². The van der Waals surface area contributed by atoms with Gasteiger partial charge in [-0.05, 0) is 11.8 Å². The summed E-state index contributed by atoms with van der Waals surface area (Å²) >= 11 is 1.71. The zero-order valence-corrected chi connectivity index (χ0v) is 8.85. The van der Waals surface area contributed by atoms with Gasteiger partial charge in [-0.1, -0.05) is 6.92 Å². The third-order valence-corrected chi connectivity index (χ3v) is 2.85. The number of hydrazine groups is 1. The van der Waals surface area contributed by atoms with Gasteiger partial charge in [0.1, 0.15) is 5.82 Å². The lowest BCUT2D eigenvalue weighted by Crippen LogP contribution is -2.30. The van der Waals surface area contributed by atoms with Gasteiger partial charge in [0.25, 0.3) is 0 Å². The number of thioether (sulfide) groups is 1. The first-order chi connectivity index (χ1) is 6.79. The summed E-state index contributed by atoms with van der Waals surface area (Å²) in [6.45, 7) is 2.06. The Kier molecular flexibility index (Phi) is 4.86. The van der Waals surface area contributed by atoms with Crippen LogP contribution in [-0.2, 0) is 0 Å². The van der Waals surface area contributed by atoms with Crippen LogP contribution in [0, 0.1) is 5.82 Å². The average molecular weight is 215 g/mol. The maximum Gasteiger partial charge on any atom is 0.146 e. The Morgan fingerprint density at radius 3 is 3.07 bits per heavy atom. The predicted molar refractivity (Wildman–Crippen MR) is 57.3 cm³/mol. The van der Waals surface area contributed by atoms with Gasteiger partial charge in [-0.25, -0.2) is 4.39 Å². The lowest BCUT2D eigenvalue weighted by Gasteiger charge is -2.15. The highest BCUT2D eigenvalue weighted by atomic mass is 32.2. The molecule has 1 unspecified atom stereocenters. The molecule has 0 fully saturated rings.